The van der Waals surface area contributed by atoms with E-state index in [0.717, 1.165) is 0 Å². The van der Waals surface area contributed by atoms with Gasteiger partial charge in [0.05, 0.1) is 4.90 Å². The number of benzene rings is 1. The highest BCUT2D eigenvalue weighted by Gasteiger charge is 2.18. The maximum atomic E-state index is 11.4. The van der Waals surface area contributed by atoms with Gasteiger partial charge in [0, 0.05) is 10.0 Å². The summed E-state index contributed by atoms with van der Waals surface area (Å²) in [5.41, 5.74) is 0. The van der Waals surface area contributed by atoms with Crippen LogP contribution in [0.4, 0.5) is 0 Å². The van der Waals surface area contributed by atoms with Crippen molar-refractivity contribution in [3.8, 4) is 0 Å². The molecule has 0 saturated heterocycles. The van der Waals surface area contributed by atoms with Crippen molar-refractivity contribution in [2.45, 2.75) is 4.90 Å². The lowest BCUT2D eigenvalue weighted by Gasteiger charge is -1.99. The summed E-state index contributed by atoms with van der Waals surface area (Å²) in [7, 11) is -3.58. The summed E-state index contributed by atoms with van der Waals surface area (Å²) in [5.74, 6) is -0.594. The number of sulfone groups is 1. The SMILES string of the molecule is [C-]#[N+]CS(=O)(=O)c1cc(Cl)cc(Cl)c1. The zero-order valence-electron chi connectivity index (χ0n) is 6.87. The lowest BCUT2D eigenvalue weighted by atomic mass is 10.4. The maximum Gasteiger partial charge on any atom is 0.316 e. The first-order valence-corrected chi connectivity index (χ1v) is 5.88. The van der Waals surface area contributed by atoms with Crippen LogP contribution < -0.4 is 0 Å². The van der Waals surface area contributed by atoms with Crippen molar-refractivity contribution < 1.29 is 8.42 Å². The van der Waals surface area contributed by atoms with Crippen molar-refractivity contribution in [1.29, 1.82) is 0 Å². The minimum absolute atomic E-state index is 0.0222. The second-order valence-corrected chi connectivity index (χ2v) is 5.34. The Balaban J connectivity index is 3.28. The normalized spacial score (nSPS) is 10.9. The Bertz CT molecular complexity index is 470. The molecule has 0 spiro atoms. The second kappa shape index (κ2) is 4.18. The van der Waals surface area contributed by atoms with Crippen LogP contribution in [0.1, 0.15) is 0 Å². The Labute approximate surface area is 92.0 Å². The van der Waals surface area contributed by atoms with E-state index in [1.54, 1.807) is 0 Å². The highest BCUT2D eigenvalue weighted by molar-refractivity contribution is 7.91. The van der Waals surface area contributed by atoms with Crippen molar-refractivity contribution in [2.75, 3.05) is 5.88 Å². The smallest absolute Gasteiger partial charge is 0.299 e. The second-order valence-electron chi connectivity index (χ2n) is 2.51. The van der Waals surface area contributed by atoms with Gasteiger partial charge in [0.15, 0.2) is 0 Å². The van der Waals surface area contributed by atoms with E-state index >= 15 is 0 Å². The van der Waals surface area contributed by atoms with Crippen LogP contribution in [0.2, 0.25) is 10.0 Å². The third-order valence-corrected chi connectivity index (χ3v) is 3.29. The summed E-state index contributed by atoms with van der Waals surface area (Å²) in [6, 6.07) is 3.97. The molecule has 0 N–H and O–H groups in total. The molecular weight excluding hydrogens is 245 g/mol. The van der Waals surface area contributed by atoms with Crippen LogP contribution in [0, 0.1) is 6.57 Å². The quantitative estimate of drug-likeness (QED) is 0.757. The van der Waals surface area contributed by atoms with Gasteiger partial charge in [0.2, 0.25) is 0 Å². The highest BCUT2D eigenvalue weighted by atomic mass is 35.5. The van der Waals surface area contributed by atoms with E-state index in [0.29, 0.717) is 0 Å². The fourth-order valence-electron chi connectivity index (χ4n) is 0.868. The van der Waals surface area contributed by atoms with Gasteiger partial charge in [-0.05, 0) is 18.2 Å². The molecule has 3 nitrogen and oxygen atoms in total. The van der Waals surface area contributed by atoms with Gasteiger partial charge in [-0.3, -0.25) is 4.85 Å². The van der Waals surface area contributed by atoms with E-state index < -0.39 is 15.7 Å². The Hall–Kier alpha value is -0.760. The Morgan fingerprint density at radius 3 is 2.14 bits per heavy atom. The molecule has 0 heterocycles. The molecule has 0 amide bonds. The van der Waals surface area contributed by atoms with Crippen LogP contribution >= 0.6 is 23.2 Å². The average molecular weight is 250 g/mol. The number of halogens is 2. The van der Waals surface area contributed by atoms with E-state index in [9.17, 15) is 8.42 Å². The maximum absolute atomic E-state index is 11.4. The summed E-state index contributed by atoms with van der Waals surface area (Å²) >= 11 is 11.3. The molecule has 1 rings (SSSR count). The lowest BCUT2D eigenvalue weighted by molar-refractivity contribution is 0.599. The lowest BCUT2D eigenvalue weighted by Crippen LogP contribution is -2.03. The van der Waals surface area contributed by atoms with Gasteiger partial charge < -0.3 is 0 Å². The molecule has 74 valence electrons. The third kappa shape index (κ3) is 2.61. The zero-order valence-corrected chi connectivity index (χ0v) is 9.20. The number of nitrogens with zero attached hydrogens (tertiary/aromatic N) is 1. The number of hydrogen-bond acceptors (Lipinski definition) is 2. The molecule has 0 aromatic heterocycles. The molecule has 0 aliphatic rings. The predicted octanol–water partition coefficient (Wildman–Crippen LogP) is 2.64. The summed E-state index contributed by atoms with van der Waals surface area (Å²) in [5, 5.41) is 0.474. The zero-order chi connectivity index (χ0) is 10.8. The number of rotatable bonds is 2. The molecule has 0 aliphatic carbocycles. The van der Waals surface area contributed by atoms with Crippen molar-refractivity contribution in [3.63, 3.8) is 0 Å². The average Bonchev–Trinajstić information content (AvgIpc) is 2.02. The molecular formula is C8H5Cl2NO2S. The van der Waals surface area contributed by atoms with Crippen molar-refractivity contribution in [3.05, 3.63) is 39.7 Å². The van der Waals surface area contributed by atoms with Gasteiger partial charge in [-0.2, -0.15) is 0 Å². The summed E-state index contributed by atoms with van der Waals surface area (Å²) in [6.45, 7) is 6.49. The van der Waals surface area contributed by atoms with Crippen LogP contribution in [0.15, 0.2) is 23.1 Å². The van der Waals surface area contributed by atoms with Crippen LogP contribution in [-0.4, -0.2) is 14.3 Å². The van der Waals surface area contributed by atoms with Crippen molar-refractivity contribution in [1.82, 2.24) is 0 Å². The molecule has 0 aliphatic heterocycles. The highest BCUT2D eigenvalue weighted by Crippen LogP contribution is 2.23. The summed E-state index contributed by atoms with van der Waals surface area (Å²) < 4.78 is 22.8. The van der Waals surface area contributed by atoms with Crippen LogP contribution in [0.5, 0.6) is 0 Å². The minimum Gasteiger partial charge on any atom is -0.299 e. The first kappa shape index (κ1) is 11.3. The van der Waals surface area contributed by atoms with E-state index in [-0.39, 0.29) is 14.9 Å². The van der Waals surface area contributed by atoms with Gasteiger partial charge in [-0.25, -0.2) is 15.0 Å². The predicted molar refractivity (Wildman–Crippen MR) is 55.1 cm³/mol. The molecule has 0 fully saturated rings. The van der Waals surface area contributed by atoms with Crippen LogP contribution in [0.3, 0.4) is 0 Å². The molecule has 0 atom stereocenters. The van der Waals surface area contributed by atoms with Gasteiger partial charge in [-0.1, -0.05) is 23.2 Å². The van der Waals surface area contributed by atoms with Gasteiger partial charge in [0.1, 0.15) is 0 Å². The fraction of sp³-hybridized carbons (Fsp3) is 0.125. The molecule has 14 heavy (non-hydrogen) atoms. The molecule has 6 heteroatoms. The molecule has 0 saturated carbocycles. The third-order valence-electron chi connectivity index (χ3n) is 1.43. The first-order chi connectivity index (χ1) is 6.45. The summed E-state index contributed by atoms with van der Waals surface area (Å²) in [6.07, 6.45) is 0. The Kier molecular flexibility index (Phi) is 3.38. The van der Waals surface area contributed by atoms with Gasteiger partial charge in [-0.15, -0.1) is 0 Å². The molecule has 0 bridgehead atoms. The van der Waals surface area contributed by atoms with Crippen LogP contribution in [0.25, 0.3) is 4.85 Å². The standard InChI is InChI=1S/C8H5Cl2NO2S/c1-11-5-14(12,13)8-3-6(9)2-7(10)4-8/h2-4H,5H2. The van der Waals surface area contributed by atoms with Crippen LogP contribution in [-0.2, 0) is 9.84 Å². The molecule has 0 radical (unpaired) electrons. The van der Waals surface area contributed by atoms with E-state index in [1.165, 1.54) is 18.2 Å². The Morgan fingerprint density at radius 2 is 1.71 bits per heavy atom. The largest absolute Gasteiger partial charge is 0.316 e. The minimum atomic E-state index is -3.58. The number of hydrogen-bond donors (Lipinski definition) is 0. The Morgan fingerprint density at radius 1 is 1.21 bits per heavy atom. The molecule has 0 unspecified atom stereocenters. The van der Waals surface area contributed by atoms with E-state index in [4.69, 9.17) is 29.8 Å². The molecule has 1 aromatic carbocycles. The van der Waals surface area contributed by atoms with Crippen molar-refractivity contribution in [2.24, 2.45) is 0 Å². The monoisotopic (exact) mass is 249 g/mol. The topological polar surface area (TPSA) is 38.5 Å². The van der Waals surface area contributed by atoms with E-state index in [1.807, 2.05) is 0 Å². The summed E-state index contributed by atoms with van der Waals surface area (Å²) in [4.78, 5) is 2.80. The molecule has 1 aromatic rings. The first-order valence-electron chi connectivity index (χ1n) is 3.48. The van der Waals surface area contributed by atoms with E-state index in [2.05, 4.69) is 4.85 Å². The fourth-order valence-corrected chi connectivity index (χ4v) is 2.46. The van der Waals surface area contributed by atoms with Gasteiger partial charge in [0.25, 0.3) is 9.84 Å². The van der Waals surface area contributed by atoms with Crippen molar-refractivity contribution >= 4 is 33.0 Å². The van der Waals surface area contributed by atoms with Gasteiger partial charge >= 0.3 is 5.88 Å².